The fraction of sp³-hybridized carbons (Fsp3) is 0. The number of hydrazine groups is 1. The van der Waals surface area contributed by atoms with Gasteiger partial charge >= 0.3 is 5.63 Å². The van der Waals surface area contributed by atoms with Gasteiger partial charge in [0.2, 0.25) is 0 Å². The SMILES string of the molecule is NNC(=O)c1c(O)c2ccccc2oc1=O. The molecule has 2 rings (SSSR count). The molecule has 0 atom stereocenters. The molecule has 6 heteroatoms. The van der Waals surface area contributed by atoms with Crippen molar-refractivity contribution >= 4 is 16.9 Å². The zero-order valence-corrected chi connectivity index (χ0v) is 8.06. The van der Waals surface area contributed by atoms with E-state index >= 15 is 0 Å². The molecule has 1 heterocycles. The molecule has 0 saturated heterocycles. The summed E-state index contributed by atoms with van der Waals surface area (Å²) in [7, 11) is 0. The van der Waals surface area contributed by atoms with Gasteiger partial charge in [0, 0.05) is 0 Å². The lowest BCUT2D eigenvalue weighted by atomic mass is 10.1. The molecule has 1 aromatic carbocycles. The molecule has 0 fully saturated rings. The van der Waals surface area contributed by atoms with Gasteiger partial charge in [-0.25, -0.2) is 10.6 Å². The highest BCUT2D eigenvalue weighted by atomic mass is 16.4. The number of nitrogens with one attached hydrogen (secondary N) is 1. The molecule has 0 aliphatic rings. The number of nitrogen functional groups attached to an aromatic ring is 1. The molecule has 0 bridgehead atoms. The highest BCUT2D eigenvalue weighted by Gasteiger charge is 2.19. The smallest absolute Gasteiger partial charge is 0.353 e. The zero-order chi connectivity index (χ0) is 11.7. The third-order valence-corrected chi connectivity index (χ3v) is 2.14. The van der Waals surface area contributed by atoms with Crippen LogP contribution in [-0.4, -0.2) is 11.0 Å². The van der Waals surface area contributed by atoms with Crippen molar-refractivity contribution in [1.29, 1.82) is 0 Å². The van der Waals surface area contributed by atoms with E-state index in [0.717, 1.165) is 0 Å². The van der Waals surface area contributed by atoms with Crippen molar-refractivity contribution in [3.8, 4) is 5.75 Å². The Balaban J connectivity index is 2.86. The summed E-state index contributed by atoms with van der Waals surface area (Å²) >= 11 is 0. The zero-order valence-electron chi connectivity index (χ0n) is 8.06. The summed E-state index contributed by atoms with van der Waals surface area (Å²) in [4.78, 5) is 22.7. The topological polar surface area (TPSA) is 106 Å². The molecule has 0 radical (unpaired) electrons. The van der Waals surface area contributed by atoms with Crippen molar-refractivity contribution in [2.75, 3.05) is 0 Å². The van der Waals surface area contributed by atoms with E-state index in [-0.39, 0.29) is 11.0 Å². The minimum absolute atomic E-state index is 0.207. The van der Waals surface area contributed by atoms with Crippen molar-refractivity contribution in [3.05, 3.63) is 40.2 Å². The van der Waals surface area contributed by atoms with E-state index in [4.69, 9.17) is 10.3 Å². The highest BCUT2D eigenvalue weighted by Crippen LogP contribution is 2.25. The summed E-state index contributed by atoms with van der Waals surface area (Å²) in [6.07, 6.45) is 0. The van der Waals surface area contributed by atoms with Crippen LogP contribution in [0.4, 0.5) is 0 Å². The molecule has 2 aromatic rings. The number of fused-ring (bicyclic) bond motifs is 1. The van der Waals surface area contributed by atoms with E-state index in [0.29, 0.717) is 0 Å². The molecule has 0 saturated carbocycles. The number of carbonyl (C=O) groups is 1. The number of benzene rings is 1. The Hall–Kier alpha value is -2.34. The molecule has 82 valence electrons. The lowest BCUT2D eigenvalue weighted by Crippen LogP contribution is -2.33. The first kappa shape index (κ1) is 10.2. The first-order chi connectivity index (χ1) is 7.65. The number of hydrogen-bond acceptors (Lipinski definition) is 5. The van der Waals surface area contributed by atoms with Gasteiger partial charge in [-0.2, -0.15) is 0 Å². The van der Waals surface area contributed by atoms with Crippen LogP contribution < -0.4 is 16.9 Å². The number of amides is 1. The number of carbonyl (C=O) groups excluding carboxylic acids is 1. The van der Waals surface area contributed by atoms with Crippen LogP contribution >= 0.6 is 0 Å². The summed E-state index contributed by atoms with van der Waals surface area (Å²) in [6.45, 7) is 0. The Morgan fingerprint density at radius 1 is 1.38 bits per heavy atom. The maximum Gasteiger partial charge on any atom is 0.353 e. The minimum atomic E-state index is -0.931. The number of nitrogens with two attached hydrogens (primary N) is 1. The summed E-state index contributed by atoms with van der Waals surface area (Å²) < 4.78 is 4.86. The molecule has 0 aliphatic carbocycles. The van der Waals surface area contributed by atoms with E-state index in [2.05, 4.69) is 0 Å². The van der Waals surface area contributed by atoms with Crippen LogP contribution in [0.25, 0.3) is 11.0 Å². The standard InChI is InChI=1S/C10H8N2O4/c11-12-9(14)7-8(13)5-3-1-2-4-6(5)16-10(7)15/h1-4,13H,11H2,(H,12,14). The Morgan fingerprint density at radius 3 is 2.75 bits per heavy atom. The lowest BCUT2D eigenvalue weighted by Gasteiger charge is -2.04. The van der Waals surface area contributed by atoms with Gasteiger partial charge in [-0.1, -0.05) is 12.1 Å². The average molecular weight is 220 g/mol. The molecule has 0 spiro atoms. The van der Waals surface area contributed by atoms with Gasteiger partial charge in [0.05, 0.1) is 5.39 Å². The van der Waals surface area contributed by atoms with Gasteiger partial charge in [-0.05, 0) is 12.1 Å². The van der Waals surface area contributed by atoms with E-state index in [1.807, 2.05) is 0 Å². The van der Waals surface area contributed by atoms with Gasteiger partial charge in [0.1, 0.15) is 11.3 Å². The van der Waals surface area contributed by atoms with Crippen molar-refractivity contribution in [2.24, 2.45) is 5.84 Å². The molecule has 0 unspecified atom stereocenters. The molecule has 16 heavy (non-hydrogen) atoms. The first-order valence-electron chi connectivity index (χ1n) is 4.41. The van der Waals surface area contributed by atoms with Crippen LogP contribution in [0.1, 0.15) is 10.4 Å². The first-order valence-corrected chi connectivity index (χ1v) is 4.41. The predicted octanol–water partition coefficient (Wildman–Crippen LogP) is 0.102. The minimum Gasteiger partial charge on any atom is -0.506 e. The second-order valence-electron chi connectivity index (χ2n) is 3.08. The molecule has 1 aromatic heterocycles. The third kappa shape index (κ3) is 1.41. The van der Waals surface area contributed by atoms with Crippen LogP contribution in [0.3, 0.4) is 0 Å². The van der Waals surface area contributed by atoms with Crippen LogP contribution in [0.2, 0.25) is 0 Å². The lowest BCUT2D eigenvalue weighted by molar-refractivity contribution is 0.0947. The van der Waals surface area contributed by atoms with Crippen molar-refractivity contribution in [1.82, 2.24) is 5.43 Å². The molecular formula is C10H8N2O4. The summed E-state index contributed by atoms with van der Waals surface area (Å²) in [5.41, 5.74) is 0.545. The number of hydrogen-bond donors (Lipinski definition) is 3. The van der Waals surface area contributed by atoms with Crippen molar-refractivity contribution in [2.45, 2.75) is 0 Å². The maximum absolute atomic E-state index is 11.4. The molecular weight excluding hydrogens is 212 g/mol. The fourth-order valence-corrected chi connectivity index (χ4v) is 1.41. The van der Waals surface area contributed by atoms with E-state index in [1.54, 1.807) is 17.6 Å². The van der Waals surface area contributed by atoms with E-state index in [9.17, 15) is 14.7 Å². The Kier molecular flexibility index (Phi) is 2.34. The monoisotopic (exact) mass is 220 g/mol. The highest BCUT2D eigenvalue weighted by molar-refractivity contribution is 6.01. The fourth-order valence-electron chi connectivity index (χ4n) is 1.41. The summed E-state index contributed by atoms with van der Waals surface area (Å²) in [6, 6.07) is 6.33. The van der Waals surface area contributed by atoms with Crippen LogP contribution in [0.15, 0.2) is 33.5 Å². The van der Waals surface area contributed by atoms with Gasteiger partial charge in [0.15, 0.2) is 5.56 Å². The Labute approximate surface area is 89.3 Å². The van der Waals surface area contributed by atoms with Gasteiger partial charge in [-0.3, -0.25) is 10.2 Å². The largest absolute Gasteiger partial charge is 0.506 e. The second kappa shape index (κ2) is 3.67. The molecule has 1 amide bonds. The van der Waals surface area contributed by atoms with E-state index < -0.39 is 22.8 Å². The predicted molar refractivity (Wildman–Crippen MR) is 55.8 cm³/mol. The number of aromatic hydroxyl groups is 1. The Bertz CT molecular complexity index is 618. The van der Waals surface area contributed by atoms with Crippen molar-refractivity contribution < 1.29 is 14.3 Å². The second-order valence-corrected chi connectivity index (χ2v) is 3.08. The number of para-hydroxylation sites is 1. The summed E-state index contributed by atoms with van der Waals surface area (Å²) in [5.74, 6) is 3.57. The maximum atomic E-state index is 11.4. The number of rotatable bonds is 1. The normalized spacial score (nSPS) is 10.3. The molecule has 4 N–H and O–H groups in total. The van der Waals surface area contributed by atoms with Crippen LogP contribution in [0, 0.1) is 0 Å². The van der Waals surface area contributed by atoms with Crippen LogP contribution in [-0.2, 0) is 0 Å². The molecule has 0 aliphatic heterocycles. The third-order valence-electron chi connectivity index (χ3n) is 2.14. The van der Waals surface area contributed by atoms with Gasteiger partial charge in [-0.15, -0.1) is 0 Å². The Morgan fingerprint density at radius 2 is 2.06 bits per heavy atom. The van der Waals surface area contributed by atoms with Gasteiger partial charge in [0.25, 0.3) is 5.91 Å². The van der Waals surface area contributed by atoms with E-state index in [1.165, 1.54) is 12.1 Å². The van der Waals surface area contributed by atoms with Crippen LogP contribution in [0.5, 0.6) is 5.75 Å². The quantitative estimate of drug-likeness (QED) is 0.273. The average Bonchev–Trinajstić information content (AvgIpc) is 2.28. The molecule has 6 nitrogen and oxygen atoms in total. The summed E-state index contributed by atoms with van der Waals surface area (Å²) in [5, 5.41) is 10.0. The van der Waals surface area contributed by atoms with Gasteiger partial charge < -0.3 is 9.52 Å². The van der Waals surface area contributed by atoms with Crippen molar-refractivity contribution in [3.63, 3.8) is 0 Å².